The van der Waals surface area contributed by atoms with Gasteiger partial charge in [-0.05, 0) is 18.2 Å². The van der Waals surface area contributed by atoms with Crippen molar-refractivity contribution in [1.29, 1.82) is 0 Å². The van der Waals surface area contributed by atoms with Crippen LogP contribution in [-0.2, 0) is 5.41 Å². The average molecular weight is 283 g/mol. The lowest BCUT2D eigenvalue weighted by atomic mass is 9.91. The number of pyridine rings is 1. The molecule has 1 aromatic heterocycles. The van der Waals surface area contributed by atoms with Crippen LogP contribution >= 0.6 is 23.2 Å². The minimum Gasteiger partial charge on any atom is -0.388 e. The topological polar surface area (TPSA) is 24.9 Å². The third-order valence-electron chi connectivity index (χ3n) is 2.87. The van der Waals surface area contributed by atoms with E-state index in [0.717, 1.165) is 22.3 Å². The molecular formula is C14H16Cl2N2. The van der Waals surface area contributed by atoms with Gasteiger partial charge in [-0.3, -0.25) is 4.98 Å². The quantitative estimate of drug-likeness (QED) is 0.806. The normalized spacial score (nSPS) is 11.9. The second-order valence-corrected chi connectivity index (χ2v) is 6.18. The van der Waals surface area contributed by atoms with Gasteiger partial charge in [0.25, 0.3) is 0 Å². The largest absolute Gasteiger partial charge is 0.388 e. The number of aromatic nitrogens is 1. The Morgan fingerprint density at radius 2 is 1.78 bits per heavy atom. The molecule has 1 aromatic carbocycles. The van der Waals surface area contributed by atoms with Crippen LogP contribution < -0.4 is 5.32 Å². The van der Waals surface area contributed by atoms with Gasteiger partial charge in [-0.25, -0.2) is 0 Å². The molecule has 2 aromatic rings. The van der Waals surface area contributed by atoms with Crippen LogP contribution in [-0.4, -0.2) is 12.0 Å². The van der Waals surface area contributed by atoms with Crippen molar-refractivity contribution in [2.24, 2.45) is 0 Å². The zero-order valence-electron chi connectivity index (χ0n) is 10.9. The lowest BCUT2D eigenvalue weighted by molar-refractivity contribution is 0.572. The number of halogens is 2. The highest BCUT2D eigenvalue weighted by Gasteiger charge is 2.18. The van der Waals surface area contributed by atoms with Crippen LogP contribution in [0.5, 0.6) is 0 Å². The summed E-state index contributed by atoms with van der Waals surface area (Å²) in [7, 11) is 1.88. The van der Waals surface area contributed by atoms with Crippen molar-refractivity contribution < 1.29 is 0 Å². The Labute approximate surface area is 117 Å². The van der Waals surface area contributed by atoms with Gasteiger partial charge in [0, 0.05) is 34.3 Å². The highest BCUT2D eigenvalue weighted by Crippen LogP contribution is 2.34. The van der Waals surface area contributed by atoms with Crippen LogP contribution in [0.1, 0.15) is 26.5 Å². The van der Waals surface area contributed by atoms with Crippen molar-refractivity contribution in [3.05, 3.63) is 33.9 Å². The molecule has 0 aliphatic rings. The van der Waals surface area contributed by atoms with Gasteiger partial charge in [0.1, 0.15) is 0 Å². The number of hydrogen-bond donors (Lipinski definition) is 1. The summed E-state index contributed by atoms with van der Waals surface area (Å²) in [5.74, 6) is 0. The van der Waals surface area contributed by atoms with Crippen molar-refractivity contribution in [3.8, 4) is 0 Å². The summed E-state index contributed by atoms with van der Waals surface area (Å²) in [6.45, 7) is 6.39. The van der Waals surface area contributed by atoms with Gasteiger partial charge in [0.05, 0.1) is 10.5 Å². The van der Waals surface area contributed by atoms with E-state index in [1.54, 1.807) is 6.07 Å². The Kier molecular flexibility index (Phi) is 3.43. The molecule has 0 spiro atoms. The number of fused-ring (bicyclic) bond motifs is 1. The lowest BCUT2D eigenvalue weighted by Crippen LogP contribution is -2.14. The molecule has 18 heavy (non-hydrogen) atoms. The molecule has 0 saturated carbocycles. The predicted octanol–water partition coefficient (Wildman–Crippen LogP) is 4.88. The molecule has 0 bridgehead atoms. The van der Waals surface area contributed by atoms with Gasteiger partial charge >= 0.3 is 0 Å². The van der Waals surface area contributed by atoms with Gasteiger partial charge in [0.15, 0.2) is 0 Å². The van der Waals surface area contributed by atoms with Gasteiger partial charge in [0.2, 0.25) is 0 Å². The summed E-state index contributed by atoms with van der Waals surface area (Å²) in [5.41, 5.74) is 2.76. The van der Waals surface area contributed by atoms with Crippen LogP contribution in [0.15, 0.2) is 18.2 Å². The molecule has 0 unspecified atom stereocenters. The van der Waals surface area contributed by atoms with E-state index >= 15 is 0 Å². The van der Waals surface area contributed by atoms with Gasteiger partial charge in [-0.1, -0.05) is 44.0 Å². The molecule has 96 valence electrons. The van der Waals surface area contributed by atoms with E-state index in [1.165, 1.54) is 0 Å². The molecule has 1 N–H and O–H groups in total. The second-order valence-electron chi connectivity index (χ2n) is 5.34. The maximum Gasteiger partial charge on any atom is 0.0913 e. The zero-order valence-corrected chi connectivity index (χ0v) is 12.4. The van der Waals surface area contributed by atoms with Gasteiger partial charge in [-0.15, -0.1) is 0 Å². The molecule has 0 radical (unpaired) electrons. The number of nitrogens with one attached hydrogen (secondary N) is 1. The van der Waals surface area contributed by atoms with E-state index in [1.807, 2.05) is 13.1 Å². The zero-order chi connectivity index (χ0) is 13.5. The van der Waals surface area contributed by atoms with Crippen LogP contribution in [0.4, 0.5) is 5.69 Å². The van der Waals surface area contributed by atoms with E-state index in [2.05, 4.69) is 37.1 Å². The summed E-state index contributed by atoms with van der Waals surface area (Å²) in [5, 5.41) is 5.33. The molecule has 0 aliphatic heterocycles. The van der Waals surface area contributed by atoms with Crippen molar-refractivity contribution in [2.45, 2.75) is 26.2 Å². The SMILES string of the molecule is CNc1cc(C(C)(C)C)nc2c(Cl)cc(Cl)cc12. The van der Waals surface area contributed by atoms with Crippen molar-refractivity contribution in [1.82, 2.24) is 4.98 Å². The number of benzene rings is 1. The van der Waals surface area contributed by atoms with E-state index in [4.69, 9.17) is 23.2 Å². The molecule has 1 heterocycles. The summed E-state index contributed by atoms with van der Waals surface area (Å²) in [6.07, 6.45) is 0. The van der Waals surface area contributed by atoms with Crippen LogP contribution in [0, 0.1) is 0 Å². The number of anilines is 1. The summed E-state index contributed by atoms with van der Waals surface area (Å²) in [4.78, 5) is 4.67. The molecule has 0 fully saturated rings. The predicted molar refractivity (Wildman–Crippen MR) is 80.0 cm³/mol. The fourth-order valence-corrected chi connectivity index (χ4v) is 2.38. The van der Waals surface area contributed by atoms with E-state index in [0.29, 0.717) is 10.0 Å². The third kappa shape index (κ3) is 2.40. The Hall–Kier alpha value is -0.990. The Morgan fingerprint density at radius 3 is 2.33 bits per heavy atom. The molecule has 0 amide bonds. The first-order valence-corrected chi connectivity index (χ1v) is 6.56. The maximum absolute atomic E-state index is 6.24. The van der Waals surface area contributed by atoms with Crippen molar-refractivity contribution in [2.75, 3.05) is 12.4 Å². The Bertz CT molecular complexity index is 601. The lowest BCUT2D eigenvalue weighted by Gasteiger charge is -2.20. The van der Waals surface area contributed by atoms with E-state index in [9.17, 15) is 0 Å². The third-order valence-corrected chi connectivity index (χ3v) is 3.38. The first-order chi connectivity index (χ1) is 8.32. The van der Waals surface area contributed by atoms with E-state index < -0.39 is 0 Å². The number of nitrogens with zero attached hydrogens (tertiary/aromatic N) is 1. The fraction of sp³-hybridized carbons (Fsp3) is 0.357. The summed E-state index contributed by atoms with van der Waals surface area (Å²) < 4.78 is 0. The molecule has 0 atom stereocenters. The fourth-order valence-electron chi connectivity index (χ4n) is 1.84. The highest BCUT2D eigenvalue weighted by atomic mass is 35.5. The van der Waals surface area contributed by atoms with E-state index in [-0.39, 0.29) is 5.41 Å². The molecule has 0 saturated heterocycles. The van der Waals surface area contributed by atoms with Crippen molar-refractivity contribution in [3.63, 3.8) is 0 Å². The first-order valence-electron chi connectivity index (χ1n) is 5.81. The Balaban J connectivity index is 2.84. The molecule has 2 nitrogen and oxygen atoms in total. The number of hydrogen-bond acceptors (Lipinski definition) is 2. The standard InChI is InChI=1S/C14H16Cl2N2/c1-14(2,3)12-7-11(17-4)9-5-8(15)6-10(16)13(9)18-12/h5-7H,1-4H3,(H,17,18). The molecule has 0 aliphatic carbocycles. The van der Waals surface area contributed by atoms with Gasteiger partial charge in [-0.2, -0.15) is 0 Å². The van der Waals surface area contributed by atoms with Gasteiger partial charge < -0.3 is 5.32 Å². The monoisotopic (exact) mass is 282 g/mol. The maximum atomic E-state index is 6.24. The molecular weight excluding hydrogens is 267 g/mol. The van der Waals surface area contributed by atoms with Crippen molar-refractivity contribution >= 4 is 39.8 Å². The summed E-state index contributed by atoms with van der Waals surface area (Å²) >= 11 is 12.3. The average Bonchev–Trinajstić information content (AvgIpc) is 2.26. The second kappa shape index (κ2) is 4.60. The van der Waals surface area contributed by atoms with Crippen LogP contribution in [0.3, 0.4) is 0 Å². The highest BCUT2D eigenvalue weighted by molar-refractivity contribution is 6.38. The first kappa shape index (κ1) is 13.4. The van der Waals surface area contributed by atoms with Crippen LogP contribution in [0.2, 0.25) is 10.0 Å². The molecule has 4 heteroatoms. The van der Waals surface area contributed by atoms with Crippen LogP contribution in [0.25, 0.3) is 10.9 Å². The molecule has 2 rings (SSSR count). The minimum atomic E-state index is -0.0250. The Morgan fingerprint density at radius 1 is 1.11 bits per heavy atom. The summed E-state index contributed by atoms with van der Waals surface area (Å²) in [6, 6.07) is 5.66. The minimum absolute atomic E-state index is 0.0250. The smallest absolute Gasteiger partial charge is 0.0913 e. The number of rotatable bonds is 1.